The summed E-state index contributed by atoms with van der Waals surface area (Å²) in [4.78, 5) is 11.7. The van der Waals surface area contributed by atoms with E-state index in [-0.39, 0.29) is 29.8 Å². The lowest BCUT2D eigenvalue weighted by molar-refractivity contribution is -0.173. The van der Waals surface area contributed by atoms with Crippen LogP contribution in [0.1, 0.15) is 26.7 Å². The number of hydrogen-bond acceptors (Lipinski definition) is 3. The van der Waals surface area contributed by atoms with Crippen molar-refractivity contribution >= 4 is 5.97 Å². The van der Waals surface area contributed by atoms with Crippen molar-refractivity contribution in [3.63, 3.8) is 0 Å². The third-order valence-corrected chi connectivity index (χ3v) is 4.14. The van der Waals surface area contributed by atoms with Crippen LogP contribution in [0.2, 0.25) is 0 Å². The molecule has 1 saturated carbocycles. The number of ether oxygens (including phenoxy) is 1. The van der Waals surface area contributed by atoms with Gasteiger partial charge >= 0.3 is 5.97 Å². The van der Waals surface area contributed by atoms with Gasteiger partial charge < -0.3 is 9.84 Å². The van der Waals surface area contributed by atoms with Gasteiger partial charge in [0.25, 0.3) is 0 Å². The molecule has 3 heteroatoms. The molecule has 84 valence electrons. The fourth-order valence-corrected chi connectivity index (χ4v) is 3.22. The topological polar surface area (TPSA) is 46.5 Å². The fourth-order valence-electron chi connectivity index (χ4n) is 3.22. The van der Waals surface area contributed by atoms with Gasteiger partial charge in [0.1, 0.15) is 5.60 Å². The van der Waals surface area contributed by atoms with Gasteiger partial charge in [-0.2, -0.15) is 0 Å². The van der Waals surface area contributed by atoms with E-state index in [0.29, 0.717) is 6.42 Å². The standard InChI is InChI=1S/C12H18O3/c1-4-12-9(7-11(12,2)3)8(5-6-13)10(14)15-12/h4,8-9,13H,1,5-7H2,2-3H3/t8-,9-,12+/m1/s1. The summed E-state index contributed by atoms with van der Waals surface area (Å²) in [5, 5.41) is 8.93. The Labute approximate surface area is 90.1 Å². The number of carbonyl (C=O) groups excluding carboxylic acids is 1. The summed E-state index contributed by atoms with van der Waals surface area (Å²) in [5.41, 5.74) is -0.497. The van der Waals surface area contributed by atoms with E-state index in [1.54, 1.807) is 6.08 Å². The summed E-state index contributed by atoms with van der Waals surface area (Å²) in [6.07, 6.45) is 3.25. The highest BCUT2D eigenvalue weighted by atomic mass is 16.6. The van der Waals surface area contributed by atoms with E-state index >= 15 is 0 Å². The Morgan fingerprint density at radius 1 is 1.67 bits per heavy atom. The Hall–Kier alpha value is -0.830. The number of esters is 1. The van der Waals surface area contributed by atoms with Gasteiger partial charge in [-0.05, 0) is 18.9 Å². The minimum Gasteiger partial charge on any atom is -0.454 e. The average molecular weight is 210 g/mol. The fraction of sp³-hybridized carbons (Fsp3) is 0.750. The zero-order chi connectivity index (χ0) is 11.3. The molecule has 1 aliphatic heterocycles. The zero-order valence-electron chi connectivity index (χ0n) is 9.32. The monoisotopic (exact) mass is 210 g/mol. The molecule has 0 aromatic heterocycles. The number of aliphatic hydroxyl groups is 1. The molecule has 15 heavy (non-hydrogen) atoms. The minimum atomic E-state index is -0.482. The smallest absolute Gasteiger partial charge is 0.310 e. The maximum Gasteiger partial charge on any atom is 0.310 e. The highest BCUT2D eigenvalue weighted by molar-refractivity contribution is 5.77. The maximum atomic E-state index is 11.7. The van der Waals surface area contributed by atoms with Crippen LogP contribution in [0.15, 0.2) is 12.7 Å². The molecule has 1 heterocycles. The Kier molecular flexibility index (Phi) is 2.19. The van der Waals surface area contributed by atoms with Crippen molar-refractivity contribution < 1.29 is 14.6 Å². The molecule has 3 nitrogen and oxygen atoms in total. The second-order valence-electron chi connectivity index (χ2n) is 5.23. The quantitative estimate of drug-likeness (QED) is 0.567. The van der Waals surface area contributed by atoms with Crippen LogP contribution >= 0.6 is 0 Å². The molecule has 1 N–H and O–H groups in total. The number of fused-ring (bicyclic) bond motifs is 1. The van der Waals surface area contributed by atoms with Gasteiger partial charge in [-0.1, -0.05) is 20.4 Å². The molecule has 2 aliphatic rings. The van der Waals surface area contributed by atoms with Crippen LogP contribution in [-0.2, 0) is 9.53 Å². The molecule has 2 fully saturated rings. The molecule has 3 atom stereocenters. The predicted octanol–water partition coefficient (Wildman–Crippen LogP) is 1.51. The maximum absolute atomic E-state index is 11.7. The van der Waals surface area contributed by atoms with E-state index in [9.17, 15) is 4.79 Å². The van der Waals surface area contributed by atoms with Gasteiger partial charge in [0.05, 0.1) is 5.92 Å². The number of rotatable bonds is 3. The third-order valence-electron chi connectivity index (χ3n) is 4.14. The molecule has 0 unspecified atom stereocenters. The molecular formula is C12H18O3. The number of aliphatic hydroxyl groups excluding tert-OH is 1. The first kappa shape index (κ1) is 10.7. The van der Waals surface area contributed by atoms with Crippen LogP contribution in [0.3, 0.4) is 0 Å². The van der Waals surface area contributed by atoms with Crippen molar-refractivity contribution in [2.75, 3.05) is 6.61 Å². The van der Waals surface area contributed by atoms with Crippen LogP contribution in [-0.4, -0.2) is 23.3 Å². The summed E-state index contributed by atoms with van der Waals surface area (Å²) in [6, 6.07) is 0. The lowest BCUT2D eigenvalue weighted by atomic mass is 9.50. The highest BCUT2D eigenvalue weighted by Gasteiger charge is 2.69. The van der Waals surface area contributed by atoms with E-state index in [1.807, 2.05) is 0 Å². The second-order valence-corrected chi connectivity index (χ2v) is 5.23. The van der Waals surface area contributed by atoms with Crippen molar-refractivity contribution in [2.24, 2.45) is 17.3 Å². The Bertz CT molecular complexity index is 308. The van der Waals surface area contributed by atoms with E-state index in [1.165, 1.54) is 0 Å². The predicted molar refractivity (Wildman–Crippen MR) is 56.1 cm³/mol. The summed E-state index contributed by atoms with van der Waals surface area (Å²) in [5.74, 6) is -0.0924. The number of carbonyl (C=O) groups is 1. The molecule has 1 saturated heterocycles. The summed E-state index contributed by atoms with van der Waals surface area (Å²) < 4.78 is 5.51. The van der Waals surface area contributed by atoms with Crippen LogP contribution in [0.5, 0.6) is 0 Å². The second kappa shape index (κ2) is 3.08. The first-order valence-electron chi connectivity index (χ1n) is 5.46. The van der Waals surface area contributed by atoms with Crippen LogP contribution < -0.4 is 0 Å². The summed E-state index contributed by atoms with van der Waals surface area (Å²) in [6.45, 7) is 8.04. The average Bonchev–Trinajstić information content (AvgIpc) is 2.40. The van der Waals surface area contributed by atoms with Crippen molar-refractivity contribution in [3.8, 4) is 0 Å². The Morgan fingerprint density at radius 3 is 2.73 bits per heavy atom. The highest BCUT2D eigenvalue weighted by Crippen LogP contribution is 2.63. The lowest BCUT2D eigenvalue weighted by Crippen LogP contribution is -2.59. The molecule has 0 bridgehead atoms. The van der Waals surface area contributed by atoms with Crippen molar-refractivity contribution in [1.82, 2.24) is 0 Å². The van der Waals surface area contributed by atoms with Crippen LogP contribution in [0.25, 0.3) is 0 Å². The largest absolute Gasteiger partial charge is 0.454 e. The third kappa shape index (κ3) is 1.13. The van der Waals surface area contributed by atoms with E-state index in [2.05, 4.69) is 20.4 Å². The molecule has 0 radical (unpaired) electrons. The molecule has 0 spiro atoms. The van der Waals surface area contributed by atoms with E-state index in [4.69, 9.17) is 9.84 Å². The summed E-state index contributed by atoms with van der Waals surface area (Å²) in [7, 11) is 0. The number of hydrogen-bond donors (Lipinski definition) is 1. The van der Waals surface area contributed by atoms with Crippen LogP contribution in [0, 0.1) is 17.3 Å². The van der Waals surface area contributed by atoms with Crippen LogP contribution in [0.4, 0.5) is 0 Å². The first-order chi connectivity index (χ1) is 6.98. The van der Waals surface area contributed by atoms with Gasteiger partial charge in [-0.15, -0.1) is 0 Å². The molecule has 0 aromatic rings. The lowest BCUT2D eigenvalue weighted by Gasteiger charge is -2.55. The summed E-state index contributed by atoms with van der Waals surface area (Å²) >= 11 is 0. The van der Waals surface area contributed by atoms with Gasteiger partial charge in [-0.3, -0.25) is 4.79 Å². The van der Waals surface area contributed by atoms with E-state index in [0.717, 1.165) is 6.42 Å². The van der Waals surface area contributed by atoms with Crippen molar-refractivity contribution in [3.05, 3.63) is 12.7 Å². The molecular weight excluding hydrogens is 192 g/mol. The van der Waals surface area contributed by atoms with Crippen molar-refractivity contribution in [2.45, 2.75) is 32.3 Å². The molecule has 0 amide bonds. The first-order valence-corrected chi connectivity index (χ1v) is 5.46. The van der Waals surface area contributed by atoms with Gasteiger partial charge in [-0.25, -0.2) is 0 Å². The van der Waals surface area contributed by atoms with Gasteiger partial charge in [0.15, 0.2) is 0 Å². The Morgan fingerprint density at radius 2 is 2.33 bits per heavy atom. The zero-order valence-corrected chi connectivity index (χ0v) is 9.32. The SMILES string of the molecule is C=C[C@]12OC(=O)[C@H](CCO)[C@H]1CC2(C)C. The normalized spacial score (nSPS) is 41.7. The molecule has 2 rings (SSSR count). The molecule has 1 aliphatic carbocycles. The minimum absolute atomic E-state index is 0.0146. The van der Waals surface area contributed by atoms with Crippen molar-refractivity contribution in [1.29, 1.82) is 0 Å². The van der Waals surface area contributed by atoms with Gasteiger partial charge in [0, 0.05) is 17.9 Å². The Balaban J connectivity index is 2.27. The van der Waals surface area contributed by atoms with E-state index < -0.39 is 5.60 Å². The van der Waals surface area contributed by atoms with Gasteiger partial charge in [0.2, 0.25) is 0 Å². The molecule has 0 aromatic carbocycles.